The van der Waals surface area contributed by atoms with E-state index in [0.29, 0.717) is 17.2 Å². The van der Waals surface area contributed by atoms with Gasteiger partial charge in [-0.1, -0.05) is 18.2 Å². The van der Waals surface area contributed by atoms with Gasteiger partial charge in [-0.2, -0.15) is 0 Å². The van der Waals surface area contributed by atoms with E-state index in [-0.39, 0.29) is 17.5 Å². The predicted molar refractivity (Wildman–Crippen MR) is 128 cm³/mol. The zero-order chi connectivity index (χ0) is 22.5. The van der Waals surface area contributed by atoms with Crippen molar-refractivity contribution in [1.29, 1.82) is 0 Å². The third-order valence-electron chi connectivity index (χ3n) is 4.82. The van der Waals surface area contributed by atoms with E-state index in [9.17, 15) is 9.59 Å². The minimum atomic E-state index is -0.285. The van der Waals surface area contributed by atoms with Gasteiger partial charge in [0, 0.05) is 40.7 Å². The summed E-state index contributed by atoms with van der Waals surface area (Å²) in [5, 5.41) is 6.59. The molecule has 0 aliphatic rings. The number of amides is 2. The summed E-state index contributed by atoms with van der Waals surface area (Å²) in [6.07, 6.45) is 4.90. The summed E-state index contributed by atoms with van der Waals surface area (Å²) >= 11 is 1.67. The molecule has 32 heavy (non-hydrogen) atoms. The molecule has 0 saturated carbocycles. The monoisotopic (exact) mass is 443 g/mol. The van der Waals surface area contributed by atoms with Crippen LogP contribution in [0.5, 0.6) is 11.5 Å². The molecule has 2 aromatic heterocycles. The topological polar surface area (TPSA) is 80.3 Å². The number of nitrogens with one attached hydrogen (secondary N) is 2. The highest BCUT2D eigenvalue weighted by atomic mass is 32.1. The number of thiophene rings is 1. The van der Waals surface area contributed by atoms with Crippen LogP contribution in [0, 0.1) is 6.92 Å². The van der Waals surface area contributed by atoms with E-state index in [4.69, 9.17) is 4.74 Å². The molecule has 7 heteroatoms. The molecule has 0 radical (unpaired) electrons. The van der Waals surface area contributed by atoms with Gasteiger partial charge in [0.2, 0.25) is 5.91 Å². The number of aryl methyl sites for hydroxylation is 1. The van der Waals surface area contributed by atoms with Gasteiger partial charge >= 0.3 is 0 Å². The molecule has 6 nitrogen and oxygen atoms in total. The minimum absolute atomic E-state index is 0.208. The molecular weight excluding hydrogens is 422 g/mol. The molecule has 4 aromatic rings. The van der Waals surface area contributed by atoms with Crippen LogP contribution in [0.2, 0.25) is 0 Å². The number of hydrogen-bond acceptors (Lipinski definition) is 5. The van der Waals surface area contributed by atoms with Crippen LogP contribution in [0.1, 0.15) is 20.9 Å². The Hall–Kier alpha value is -3.97. The minimum Gasteiger partial charge on any atom is -0.457 e. The zero-order valence-electron chi connectivity index (χ0n) is 17.6. The maximum absolute atomic E-state index is 12.3. The quantitative estimate of drug-likeness (QED) is 0.391. The van der Waals surface area contributed by atoms with Crippen LogP contribution < -0.4 is 15.4 Å². The lowest BCUT2D eigenvalue weighted by Crippen LogP contribution is -2.18. The first-order chi connectivity index (χ1) is 15.5. The Morgan fingerprint density at radius 2 is 1.81 bits per heavy atom. The molecule has 0 atom stereocenters. The molecule has 2 aromatic carbocycles. The van der Waals surface area contributed by atoms with E-state index in [1.165, 1.54) is 21.8 Å². The number of nitrogens with zero attached hydrogens (tertiary/aromatic N) is 1. The fraction of sp³-hybridized carbons (Fsp3) is 0.0800. The van der Waals surface area contributed by atoms with Crippen LogP contribution in [-0.2, 0) is 4.79 Å². The van der Waals surface area contributed by atoms with Crippen LogP contribution >= 0.6 is 11.3 Å². The number of aromatic nitrogens is 1. The van der Waals surface area contributed by atoms with Crippen molar-refractivity contribution in [1.82, 2.24) is 10.3 Å². The van der Waals surface area contributed by atoms with E-state index < -0.39 is 0 Å². The first-order valence-corrected chi connectivity index (χ1v) is 10.8. The fourth-order valence-electron chi connectivity index (χ4n) is 3.16. The highest BCUT2D eigenvalue weighted by Gasteiger charge is 2.08. The van der Waals surface area contributed by atoms with Crippen molar-refractivity contribution in [2.45, 2.75) is 6.92 Å². The molecule has 2 N–H and O–H groups in total. The summed E-state index contributed by atoms with van der Waals surface area (Å²) in [7, 11) is 1.55. The lowest BCUT2D eigenvalue weighted by atomic mass is 10.1. The Kier molecular flexibility index (Phi) is 6.28. The summed E-state index contributed by atoms with van der Waals surface area (Å²) in [5.74, 6) is 0.581. The number of rotatable bonds is 6. The summed E-state index contributed by atoms with van der Waals surface area (Å²) < 4.78 is 6.98. The Bertz CT molecular complexity index is 1310. The van der Waals surface area contributed by atoms with E-state index in [1.807, 2.05) is 18.2 Å². The van der Waals surface area contributed by atoms with Crippen LogP contribution in [0.4, 0.5) is 5.69 Å². The highest BCUT2D eigenvalue weighted by molar-refractivity contribution is 7.20. The highest BCUT2D eigenvalue weighted by Crippen LogP contribution is 2.31. The number of hydrogen-bond donors (Lipinski definition) is 2. The number of carbonyl (C=O) groups excluding carboxylic acids is 2. The predicted octanol–water partition coefficient (Wildman–Crippen LogP) is 5.41. The molecule has 160 valence electrons. The summed E-state index contributed by atoms with van der Waals surface area (Å²) in [6, 6.07) is 18.4. The number of ether oxygens (including phenoxy) is 1. The normalized spacial score (nSPS) is 10.9. The number of fused-ring (bicyclic) bond motifs is 1. The second-order valence-electron chi connectivity index (χ2n) is 6.99. The number of benzene rings is 2. The molecule has 0 fully saturated rings. The molecule has 2 amide bonds. The lowest BCUT2D eigenvalue weighted by molar-refractivity contribution is -0.111. The lowest BCUT2D eigenvalue weighted by Gasteiger charge is -2.08. The van der Waals surface area contributed by atoms with Crippen molar-refractivity contribution < 1.29 is 14.3 Å². The van der Waals surface area contributed by atoms with Crippen molar-refractivity contribution in [3.8, 4) is 11.5 Å². The van der Waals surface area contributed by atoms with Crippen molar-refractivity contribution in [2.75, 3.05) is 12.4 Å². The maximum Gasteiger partial charge on any atom is 0.269 e. The molecule has 4 rings (SSSR count). The van der Waals surface area contributed by atoms with Gasteiger partial charge in [0.05, 0.1) is 0 Å². The molecule has 0 unspecified atom stereocenters. The van der Waals surface area contributed by atoms with Gasteiger partial charge in [-0.05, 0) is 60.3 Å². The summed E-state index contributed by atoms with van der Waals surface area (Å²) in [5.41, 5.74) is 2.10. The molecular formula is C25H21N3O3S. The van der Waals surface area contributed by atoms with Gasteiger partial charge in [0.1, 0.15) is 17.2 Å². The van der Waals surface area contributed by atoms with E-state index in [1.54, 1.807) is 60.9 Å². The molecule has 0 aliphatic carbocycles. The van der Waals surface area contributed by atoms with E-state index >= 15 is 0 Å². The van der Waals surface area contributed by atoms with E-state index in [0.717, 1.165) is 4.88 Å². The Balaban J connectivity index is 1.39. The summed E-state index contributed by atoms with van der Waals surface area (Å²) in [4.78, 5) is 29.1. The van der Waals surface area contributed by atoms with Crippen LogP contribution in [0.25, 0.3) is 16.2 Å². The maximum atomic E-state index is 12.3. The number of pyridine rings is 1. The third kappa shape index (κ3) is 4.84. The van der Waals surface area contributed by atoms with Gasteiger partial charge in [0.25, 0.3) is 5.91 Å². The average Bonchev–Trinajstić information content (AvgIpc) is 3.14. The first-order valence-electron chi connectivity index (χ1n) is 9.97. The second-order valence-corrected chi connectivity index (χ2v) is 8.08. The Morgan fingerprint density at radius 3 is 2.56 bits per heavy atom. The Morgan fingerprint density at radius 1 is 1.03 bits per heavy atom. The number of carbonyl (C=O) groups is 2. The second kappa shape index (κ2) is 9.45. The first kappa shape index (κ1) is 21.3. The molecule has 0 bridgehead atoms. The van der Waals surface area contributed by atoms with Crippen LogP contribution in [0.3, 0.4) is 0 Å². The third-order valence-corrected chi connectivity index (χ3v) is 6.05. The SMILES string of the molecule is CNC(=O)c1cc(Oc2ccc(NC(=O)C=Cc3sc4ccccc4c3C)cc2)ccn1. The van der Waals surface area contributed by atoms with Crippen molar-refractivity contribution in [3.63, 3.8) is 0 Å². The molecule has 0 saturated heterocycles. The largest absolute Gasteiger partial charge is 0.457 e. The standard InChI is InChI=1S/C25H21N3O3S/c1-16-20-5-3-4-6-23(20)32-22(16)11-12-24(29)28-17-7-9-18(10-8-17)31-19-13-14-27-21(15-19)25(30)26-2/h3-15H,1-2H3,(H,26,30)(H,28,29). The van der Waals surface area contributed by atoms with Gasteiger partial charge < -0.3 is 15.4 Å². The van der Waals surface area contributed by atoms with Crippen LogP contribution in [-0.4, -0.2) is 23.8 Å². The van der Waals surface area contributed by atoms with Crippen molar-refractivity contribution >= 4 is 45.0 Å². The number of anilines is 1. The van der Waals surface area contributed by atoms with Gasteiger partial charge in [-0.25, -0.2) is 0 Å². The van der Waals surface area contributed by atoms with Gasteiger partial charge in [0.15, 0.2) is 0 Å². The smallest absolute Gasteiger partial charge is 0.269 e. The van der Waals surface area contributed by atoms with E-state index in [2.05, 4.69) is 34.7 Å². The van der Waals surface area contributed by atoms with Crippen molar-refractivity contribution in [2.24, 2.45) is 0 Å². The summed E-state index contributed by atoms with van der Waals surface area (Å²) in [6.45, 7) is 2.07. The zero-order valence-corrected chi connectivity index (χ0v) is 18.4. The fourth-order valence-corrected chi connectivity index (χ4v) is 4.27. The van der Waals surface area contributed by atoms with Gasteiger partial charge in [-0.15, -0.1) is 11.3 Å². The average molecular weight is 444 g/mol. The van der Waals surface area contributed by atoms with Crippen molar-refractivity contribution in [3.05, 3.63) is 89.1 Å². The molecule has 0 aliphatic heterocycles. The Labute approximate surface area is 189 Å². The molecule has 2 heterocycles. The molecule has 0 spiro atoms. The van der Waals surface area contributed by atoms with Gasteiger partial charge in [-0.3, -0.25) is 14.6 Å². The van der Waals surface area contributed by atoms with Crippen LogP contribution in [0.15, 0.2) is 72.9 Å².